The monoisotopic (exact) mass is 525 g/mol. The van der Waals surface area contributed by atoms with Crippen molar-refractivity contribution >= 4 is 29.4 Å². The summed E-state index contributed by atoms with van der Waals surface area (Å²) >= 11 is 6.51. The van der Waals surface area contributed by atoms with Gasteiger partial charge in [-0.05, 0) is 44.6 Å². The highest BCUT2D eigenvalue weighted by Crippen LogP contribution is 2.34. The largest absolute Gasteiger partial charge is 0.456 e. The smallest absolute Gasteiger partial charge is 0.309 e. The second-order valence-electron chi connectivity index (χ2n) is 10.3. The molecule has 2 rings (SSSR count). The van der Waals surface area contributed by atoms with Crippen molar-refractivity contribution in [2.75, 3.05) is 0 Å². The van der Waals surface area contributed by atoms with E-state index >= 15 is 0 Å². The van der Waals surface area contributed by atoms with E-state index in [9.17, 15) is 19.8 Å². The number of carbonyl (C=O) groups is 2. The number of ketones is 1. The molecule has 0 fully saturated rings. The molecule has 0 spiro atoms. The lowest BCUT2D eigenvalue weighted by molar-refractivity contribution is -0.154. The Morgan fingerprint density at radius 3 is 2.61 bits per heavy atom. The number of aromatic nitrogens is 1. The maximum absolute atomic E-state index is 13.4. The van der Waals surface area contributed by atoms with Crippen LogP contribution in [0.25, 0.3) is 6.08 Å². The first-order valence-corrected chi connectivity index (χ1v) is 13.0. The van der Waals surface area contributed by atoms with Gasteiger partial charge in [-0.25, -0.2) is 4.98 Å². The maximum atomic E-state index is 13.4. The summed E-state index contributed by atoms with van der Waals surface area (Å²) in [5, 5.41) is 31.2. The van der Waals surface area contributed by atoms with E-state index in [1.165, 1.54) is 12.3 Å². The van der Waals surface area contributed by atoms with Crippen molar-refractivity contribution in [3.8, 4) is 0 Å². The number of allylic oxidation sites excluding steroid dienone is 1. The van der Waals surface area contributed by atoms with E-state index in [0.29, 0.717) is 18.5 Å². The van der Waals surface area contributed by atoms with Gasteiger partial charge in [-0.15, -0.1) is 0 Å². The second-order valence-corrected chi connectivity index (χ2v) is 10.7. The van der Waals surface area contributed by atoms with Crippen molar-refractivity contribution in [3.63, 3.8) is 0 Å². The lowest BCUT2D eigenvalue weighted by Gasteiger charge is -2.35. The predicted molar refractivity (Wildman–Crippen MR) is 137 cm³/mol. The Morgan fingerprint density at radius 1 is 1.31 bits per heavy atom. The zero-order valence-electron chi connectivity index (χ0n) is 21.9. The second kappa shape index (κ2) is 13.5. The van der Waals surface area contributed by atoms with Crippen LogP contribution in [0.15, 0.2) is 27.4 Å². The number of nitrogens with zero attached hydrogens (tertiary/aromatic N) is 1. The third-order valence-corrected chi connectivity index (χ3v) is 7.44. The molecular weight excluding hydrogens is 486 g/mol. The van der Waals surface area contributed by atoms with Crippen LogP contribution in [0.3, 0.4) is 0 Å². The first kappa shape index (κ1) is 30.2. The van der Waals surface area contributed by atoms with Crippen molar-refractivity contribution in [1.29, 1.82) is 0 Å². The van der Waals surface area contributed by atoms with Gasteiger partial charge in [0.25, 0.3) is 0 Å². The van der Waals surface area contributed by atoms with Gasteiger partial charge in [0, 0.05) is 12.3 Å². The Hall–Kier alpha value is -2.00. The molecule has 0 aromatic carbocycles. The number of ether oxygens (including phenoxy) is 1. The summed E-state index contributed by atoms with van der Waals surface area (Å²) < 4.78 is 10.8. The predicted octanol–water partition coefficient (Wildman–Crippen LogP) is 4.55. The highest BCUT2D eigenvalue weighted by atomic mass is 35.5. The SMILES string of the molecule is CC[C@H]1C(=O)C(C)(C)[C@@H](O)CC(=O)O[C@H](C(Cl)=Cc2coc(CO)n2)C/C=C(\C)CCCC(C)[C@@H]1O. The highest BCUT2D eigenvalue weighted by molar-refractivity contribution is 6.32. The van der Waals surface area contributed by atoms with E-state index < -0.39 is 42.0 Å². The molecule has 0 aliphatic carbocycles. The fourth-order valence-electron chi connectivity index (χ4n) is 4.44. The van der Waals surface area contributed by atoms with Gasteiger partial charge < -0.3 is 24.5 Å². The quantitative estimate of drug-likeness (QED) is 0.385. The molecule has 1 aliphatic heterocycles. The molecule has 1 aromatic heterocycles. The number of cyclic esters (lactones) is 1. The van der Waals surface area contributed by atoms with E-state index in [1.807, 2.05) is 26.8 Å². The van der Waals surface area contributed by atoms with Gasteiger partial charge in [-0.3, -0.25) is 9.59 Å². The Kier molecular flexibility index (Phi) is 11.3. The zero-order chi connectivity index (χ0) is 27.0. The van der Waals surface area contributed by atoms with Crippen molar-refractivity contribution < 1.29 is 34.1 Å². The van der Waals surface area contributed by atoms with Gasteiger partial charge in [-0.1, -0.05) is 50.9 Å². The van der Waals surface area contributed by atoms with Crippen LogP contribution in [-0.4, -0.2) is 50.4 Å². The Balaban J connectivity index is 2.35. The average molecular weight is 526 g/mol. The summed E-state index contributed by atoms with van der Waals surface area (Å²) in [6, 6.07) is 0. The molecular formula is C27H40ClNO7. The number of Topliss-reactive ketones (excluding diaryl/α,β-unsaturated/α-hetero) is 1. The number of aliphatic hydroxyl groups excluding tert-OH is 3. The zero-order valence-corrected chi connectivity index (χ0v) is 22.6. The number of rotatable bonds is 4. The van der Waals surface area contributed by atoms with Crippen LogP contribution in [0, 0.1) is 17.3 Å². The van der Waals surface area contributed by atoms with E-state index in [1.54, 1.807) is 13.8 Å². The Morgan fingerprint density at radius 2 is 2.00 bits per heavy atom. The molecule has 0 bridgehead atoms. The summed E-state index contributed by atoms with van der Waals surface area (Å²) in [6.45, 7) is 8.60. The standard InChI is InChI=1S/C27H40ClNO7/c1-6-19-25(33)17(3)9-7-8-16(2)10-11-21(20(28)12-18-15-35-23(14-30)29-18)36-24(32)13-22(31)27(4,5)26(19)34/h10,12,15,17,19,21-22,25,30-31,33H,6-9,11,13-14H2,1-5H3/b16-10+,20-12?/t17?,19-,21+,22+,25+/m1/s1. The molecule has 202 valence electrons. The van der Waals surface area contributed by atoms with Gasteiger partial charge >= 0.3 is 5.97 Å². The van der Waals surface area contributed by atoms with Crippen LogP contribution >= 0.6 is 11.6 Å². The average Bonchev–Trinajstić information content (AvgIpc) is 3.28. The summed E-state index contributed by atoms with van der Waals surface area (Å²) in [6.07, 6.45) is 4.56. The summed E-state index contributed by atoms with van der Waals surface area (Å²) in [5.41, 5.74) is 0.199. The highest BCUT2D eigenvalue weighted by Gasteiger charge is 2.43. The third-order valence-electron chi connectivity index (χ3n) is 7.08. The number of carbonyl (C=O) groups excluding carboxylic acids is 2. The lowest BCUT2D eigenvalue weighted by Crippen LogP contribution is -2.46. The van der Waals surface area contributed by atoms with Crippen LogP contribution in [0.1, 0.15) is 84.7 Å². The van der Waals surface area contributed by atoms with Gasteiger partial charge in [-0.2, -0.15) is 0 Å². The van der Waals surface area contributed by atoms with E-state index in [4.69, 9.17) is 25.9 Å². The number of esters is 1. The minimum Gasteiger partial charge on any atom is -0.456 e. The maximum Gasteiger partial charge on any atom is 0.309 e. The van der Waals surface area contributed by atoms with Gasteiger partial charge in [0.1, 0.15) is 30.5 Å². The molecule has 9 heteroatoms. The van der Waals surface area contributed by atoms with Gasteiger partial charge in [0.05, 0.1) is 29.1 Å². The van der Waals surface area contributed by atoms with Crippen molar-refractivity contribution in [2.24, 2.45) is 17.3 Å². The first-order chi connectivity index (χ1) is 16.9. The van der Waals surface area contributed by atoms with Gasteiger partial charge in [0.15, 0.2) is 0 Å². The summed E-state index contributed by atoms with van der Waals surface area (Å²) in [4.78, 5) is 30.3. The van der Waals surface area contributed by atoms with Crippen LogP contribution in [0.2, 0.25) is 0 Å². The molecule has 2 heterocycles. The van der Waals surface area contributed by atoms with Crippen LogP contribution < -0.4 is 0 Å². The molecule has 8 nitrogen and oxygen atoms in total. The van der Waals surface area contributed by atoms with Crippen LogP contribution in [-0.2, 0) is 20.9 Å². The minimum atomic E-state index is -1.30. The number of oxazole rings is 1. The van der Waals surface area contributed by atoms with Crippen molar-refractivity contribution in [3.05, 3.63) is 34.5 Å². The molecule has 5 atom stereocenters. The molecule has 0 saturated heterocycles. The Labute approximate surface area is 218 Å². The lowest BCUT2D eigenvalue weighted by atomic mass is 9.71. The van der Waals surface area contributed by atoms with Crippen LogP contribution in [0.5, 0.6) is 0 Å². The van der Waals surface area contributed by atoms with Crippen LogP contribution in [0.4, 0.5) is 0 Å². The molecule has 0 radical (unpaired) electrons. The minimum absolute atomic E-state index is 0.0890. The van der Waals surface area contributed by atoms with Crippen molar-refractivity contribution in [2.45, 2.75) is 98.1 Å². The topological polar surface area (TPSA) is 130 Å². The van der Waals surface area contributed by atoms with Crippen molar-refractivity contribution in [1.82, 2.24) is 4.98 Å². The Bertz CT molecular complexity index is 952. The molecule has 0 saturated carbocycles. The third kappa shape index (κ3) is 8.00. The number of aliphatic hydroxyl groups is 3. The summed E-state index contributed by atoms with van der Waals surface area (Å²) in [5.74, 6) is -1.56. The number of hydrogen-bond acceptors (Lipinski definition) is 8. The fourth-order valence-corrected chi connectivity index (χ4v) is 4.68. The fraction of sp³-hybridized carbons (Fsp3) is 0.667. The van der Waals surface area contributed by atoms with E-state index in [-0.39, 0.29) is 29.2 Å². The summed E-state index contributed by atoms with van der Waals surface area (Å²) in [7, 11) is 0. The number of hydrogen-bond donors (Lipinski definition) is 3. The molecule has 0 amide bonds. The van der Waals surface area contributed by atoms with E-state index in [2.05, 4.69) is 4.98 Å². The van der Waals surface area contributed by atoms with E-state index in [0.717, 1.165) is 24.8 Å². The first-order valence-electron chi connectivity index (χ1n) is 12.6. The number of halogens is 1. The molecule has 36 heavy (non-hydrogen) atoms. The molecule has 1 aromatic rings. The molecule has 3 N–H and O–H groups in total. The molecule has 1 aliphatic rings. The normalized spacial score (nSPS) is 31.0. The van der Waals surface area contributed by atoms with Gasteiger partial charge in [0.2, 0.25) is 5.89 Å². The molecule has 1 unspecified atom stereocenters.